The molecule has 1 atom stereocenters. The number of phosphoric ester groups is 1. The maximum absolute atomic E-state index is 12.7. The number of rotatable bonds is 21. The van der Waals surface area contributed by atoms with Gasteiger partial charge in [-0.25, -0.2) is 4.57 Å². The largest absolute Gasteiger partial charge is 0.474 e. The third-order valence-corrected chi connectivity index (χ3v) is 8.36. The summed E-state index contributed by atoms with van der Waals surface area (Å²) >= 11 is 0. The number of quaternary nitrogens is 1. The second-order valence-corrected chi connectivity index (χ2v) is 12.2. The smallest absolute Gasteiger partial charge is 0.328 e. The van der Waals surface area contributed by atoms with Crippen molar-refractivity contribution in [2.24, 2.45) is 0 Å². The normalized spacial score (nSPS) is 18.6. The summed E-state index contributed by atoms with van der Waals surface area (Å²) in [6.45, 7) is 4.81. The van der Waals surface area contributed by atoms with Crippen molar-refractivity contribution in [3.8, 4) is 0 Å². The molecule has 1 rings (SSSR count). The van der Waals surface area contributed by atoms with Crippen LogP contribution in [-0.4, -0.2) is 51.5 Å². The summed E-state index contributed by atoms with van der Waals surface area (Å²) in [5, 5.41) is 0. The van der Waals surface area contributed by atoms with Crippen LogP contribution in [0.15, 0.2) is 0 Å². The van der Waals surface area contributed by atoms with Gasteiger partial charge in [0, 0.05) is 20.0 Å². The lowest BCUT2D eigenvalue weighted by Crippen LogP contribution is -2.47. The molecule has 192 valence electrons. The van der Waals surface area contributed by atoms with Gasteiger partial charge in [-0.2, -0.15) is 0 Å². The lowest BCUT2D eigenvalue weighted by atomic mass is 10.0. The predicted octanol–water partition coefficient (Wildman–Crippen LogP) is 8.27. The molecule has 0 bridgehead atoms. The minimum atomic E-state index is -3.41. The lowest BCUT2D eigenvalue weighted by Gasteiger charge is -2.37. The molecule has 0 aromatic heterocycles. The standard InChI is InChI=1S/C26H55NO4P/c1-5-6-7-8-9-10-11-12-13-14-15-16-17-18-19-20-25-30-32(28,29-4)31-26-21-23-27(2,3)24-22-26/h26H,5-25H2,1-4H3/q+1. The molecule has 6 heteroatoms. The molecule has 1 fully saturated rings. The highest BCUT2D eigenvalue weighted by atomic mass is 31.2. The summed E-state index contributed by atoms with van der Waals surface area (Å²) in [6.07, 6.45) is 23.2. The lowest BCUT2D eigenvalue weighted by molar-refractivity contribution is -0.896. The van der Waals surface area contributed by atoms with Crippen LogP contribution in [-0.2, 0) is 18.1 Å². The molecule has 1 aliphatic heterocycles. The van der Waals surface area contributed by atoms with Gasteiger partial charge in [-0.15, -0.1) is 0 Å². The summed E-state index contributed by atoms with van der Waals surface area (Å²) in [4.78, 5) is 0. The number of piperidine rings is 1. The number of hydrogen-bond donors (Lipinski definition) is 0. The maximum atomic E-state index is 12.7. The van der Waals surface area contributed by atoms with E-state index in [2.05, 4.69) is 21.0 Å². The average Bonchev–Trinajstić information content (AvgIpc) is 2.77. The Labute approximate surface area is 200 Å². The van der Waals surface area contributed by atoms with E-state index in [0.29, 0.717) is 6.61 Å². The Hall–Kier alpha value is 0.0700. The van der Waals surface area contributed by atoms with Gasteiger partial charge in [-0.1, -0.05) is 103 Å². The molecule has 0 saturated carbocycles. The fraction of sp³-hybridized carbons (Fsp3) is 1.00. The number of nitrogens with zero attached hydrogens (tertiary/aromatic N) is 1. The molecule has 1 heterocycles. The van der Waals surface area contributed by atoms with Crippen molar-refractivity contribution in [1.29, 1.82) is 0 Å². The molecule has 1 saturated heterocycles. The molecular weight excluding hydrogens is 421 g/mol. The van der Waals surface area contributed by atoms with Gasteiger partial charge < -0.3 is 4.48 Å². The molecule has 0 amide bonds. The van der Waals surface area contributed by atoms with Crippen molar-refractivity contribution in [3.63, 3.8) is 0 Å². The zero-order valence-corrected chi connectivity index (χ0v) is 22.8. The number of unbranched alkanes of at least 4 members (excludes halogenated alkanes) is 15. The van der Waals surface area contributed by atoms with Crippen LogP contribution < -0.4 is 0 Å². The molecular formula is C26H55NO4P+. The van der Waals surface area contributed by atoms with Gasteiger partial charge in [0.05, 0.1) is 39.9 Å². The quantitative estimate of drug-likeness (QED) is 0.0950. The van der Waals surface area contributed by atoms with Crippen LogP contribution in [0.2, 0.25) is 0 Å². The predicted molar refractivity (Wildman–Crippen MR) is 136 cm³/mol. The average molecular weight is 477 g/mol. The highest BCUT2D eigenvalue weighted by molar-refractivity contribution is 7.48. The number of likely N-dealkylation sites (tertiary alicyclic amines) is 1. The second kappa shape index (κ2) is 18.4. The Morgan fingerprint density at radius 3 is 1.53 bits per heavy atom. The van der Waals surface area contributed by atoms with Gasteiger partial charge in [0.15, 0.2) is 0 Å². The van der Waals surface area contributed by atoms with Crippen molar-refractivity contribution in [2.45, 2.75) is 129 Å². The molecule has 0 aliphatic carbocycles. The van der Waals surface area contributed by atoms with Crippen LogP contribution in [0.4, 0.5) is 0 Å². The van der Waals surface area contributed by atoms with Gasteiger partial charge >= 0.3 is 7.82 Å². The first-order valence-electron chi connectivity index (χ1n) is 13.7. The minimum Gasteiger partial charge on any atom is -0.328 e. The Morgan fingerprint density at radius 1 is 0.719 bits per heavy atom. The third kappa shape index (κ3) is 15.8. The molecule has 0 aromatic rings. The first-order chi connectivity index (χ1) is 15.4. The van der Waals surface area contributed by atoms with Crippen LogP contribution in [0.1, 0.15) is 122 Å². The monoisotopic (exact) mass is 476 g/mol. The van der Waals surface area contributed by atoms with Crippen molar-refractivity contribution in [3.05, 3.63) is 0 Å². The van der Waals surface area contributed by atoms with E-state index in [1.807, 2.05) is 0 Å². The molecule has 0 spiro atoms. The Balaban J connectivity index is 1.89. The molecule has 0 aromatic carbocycles. The van der Waals surface area contributed by atoms with E-state index in [9.17, 15) is 4.57 Å². The number of hydrogen-bond acceptors (Lipinski definition) is 4. The first-order valence-corrected chi connectivity index (χ1v) is 15.2. The Bertz CT molecular complexity index is 476. The summed E-state index contributed by atoms with van der Waals surface area (Å²) < 4.78 is 30.1. The molecule has 5 nitrogen and oxygen atoms in total. The second-order valence-electron chi connectivity index (χ2n) is 10.5. The molecule has 1 aliphatic rings. The van der Waals surface area contributed by atoms with Crippen LogP contribution >= 0.6 is 7.82 Å². The van der Waals surface area contributed by atoms with Crippen molar-refractivity contribution >= 4 is 7.82 Å². The summed E-state index contributed by atoms with van der Waals surface area (Å²) in [5.74, 6) is 0. The van der Waals surface area contributed by atoms with Gasteiger partial charge in [0.1, 0.15) is 0 Å². The number of phosphoric acid groups is 1. The van der Waals surface area contributed by atoms with E-state index >= 15 is 0 Å². The first kappa shape index (κ1) is 30.1. The van der Waals surface area contributed by atoms with Crippen LogP contribution in [0.3, 0.4) is 0 Å². The van der Waals surface area contributed by atoms with E-state index in [1.54, 1.807) is 0 Å². The minimum absolute atomic E-state index is 0.0160. The summed E-state index contributed by atoms with van der Waals surface area (Å²) in [5.41, 5.74) is 0. The van der Waals surface area contributed by atoms with E-state index in [-0.39, 0.29) is 6.10 Å². The van der Waals surface area contributed by atoms with Crippen LogP contribution in [0.25, 0.3) is 0 Å². The van der Waals surface area contributed by atoms with Crippen molar-refractivity contribution in [2.75, 3.05) is 40.9 Å². The van der Waals surface area contributed by atoms with Crippen LogP contribution in [0, 0.1) is 0 Å². The maximum Gasteiger partial charge on any atom is 0.474 e. The summed E-state index contributed by atoms with van der Waals surface area (Å²) in [7, 11) is 2.46. The Morgan fingerprint density at radius 2 is 1.12 bits per heavy atom. The highest BCUT2D eigenvalue weighted by Gasteiger charge is 2.34. The topological polar surface area (TPSA) is 44.8 Å². The van der Waals surface area contributed by atoms with Gasteiger partial charge in [0.25, 0.3) is 0 Å². The SMILES string of the molecule is CCCCCCCCCCCCCCCCCCOP(=O)(OC)OC1CC[N+](C)(C)CC1. The molecule has 0 N–H and O–H groups in total. The van der Waals surface area contributed by atoms with Gasteiger partial charge in [-0.05, 0) is 6.42 Å². The van der Waals surface area contributed by atoms with Gasteiger partial charge in [0.2, 0.25) is 0 Å². The molecule has 0 radical (unpaired) electrons. The van der Waals surface area contributed by atoms with Gasteiger partial charge in [-0.3, -0.25) is 13.6 Å². The van der Waals surface area contributed by atoms with Crippen LogP contribution in [0.5, 0.6) is 0 Å². The van der Waals surface area contributed by atoms with E-state index in [0.717, 1.165) is 43.3 Å². The zero-order valence-electron chi connectivity index (χ0n) is 22.0. The molecule has 32 heavy (non-hydrogen) atoms. The van der Waals surface area contributed by atoms with Crippen molar-refractivity contribution < 1.29 is 22.6 Å². The van der Waals surface area contributed by atoms with E-state index in [4.69, 9.17) is 13.6 Å². The fourth-order valence-corrected chi connectivity index (χ4v) is 5.66. The van der Waals surface area contributed by atoms with Crippen molar-refractivity contribution in [1.82, 2.24) is 0 Å². The van der Waals surface area contributed by atoms with E-state index in [1.165, 1.54) is 97.0 Å². The summed E-state index contributed by atoms with van der Waals surface area (Å²) in [6, 6.07) is 0. The highest BCUT2D eigenvalue weighted by Crippen LogP contribution is 2.51. The molecule has 1 unspecified atom stereocenters. The fourth-order valence-electron chi connectivity index (χ4n) is 4.48. The zero-order chi connectivity index (χ0) is 23.5. The Kier molecular flexibility index (Phi) is 17.3. The third-order valence-electron chi connectivity index (χ3n) is 6.86. The van der Waals surface area contributed by atoms with E-state index < -0.39 is 7.82 Å².